The number of carbonyl (C=O) groups excluding carboxylic acids is 1. The summed E-state index contributed by atoms with van der Waals surface area (Å²) >= 11 is 0. The lowest BCUT2D eigenvalue weighted by Crippen LogP contribution is -2.29. The third-order valence-corrected chi connectivity index (χ3v) is 4.87. The first-order valence-electron chi connectivity index (χ1n) is 8.97. The highest BCUT2D eigenvalue weighted by Gasteiger charge is 2.27. The number of rotatable bonds is 3. The minimum absolute atomic E-state index is 0.125. The van der Waals surface area contributed by atoms with Crippen molar-refractivity contribution in [1.82, 2.24) is 14.9 Å². The van der Waals surface area contributed by atoms with Crippen LogP contribution in [0, 0.1) is 5.82 Å². The maximum absolute atomic E-state index is 14.8. The molecule has 1 aromatic heterocycles. The van der Waals surface area contributed by atoms with Crippen LogP contribution >= 0.6 is 0 Å². The zero-order chi connectivity index (χ0) is 19.7. The smallest absolute Gasteiger partial charge is 0.254 e. The average molecular weight is 378 g/mol. The van der Waals surface area contributed by atoms with Crippen LogP contribution < -0.4 is 5.73 Å². The van der Waals surface area contributed by atoms with Gasteiger partial charge in [0.15, 0.2) is 0 Å². The molecule has 7 heteroatoms. The number of aliphatic hydroxyl groups excluding tert-OH is 1. The normalized spacial score (nSPS) is 16.4. The molecule has 28 heavy (non-hydrogen) atoms. The molecule has 6 nitrogen and oxygen atoms in total. The minimum Gasteiger partial charge on any atom is -0.391 e. The predicted molar refractivity (Wildman–Crippen MR) is 104 cm³/mol. The fourth-order valence-electron chi connectivity index (χ4n) is 3.41. The molecule has 1 atom stereocenters. The molecule has 0 spiro atoms. The monoisotopic (exact) mass is 378 g/mol. The number of nitrogen functional groups attached to an aromatic ring is 1. The van der Waals surface area contributed by atoms with Gasteiger partial charge in [0.1, 0.15) is 5.82 Å². The molecular formula is C21H19FN4O2. The topological polar surface area (TPSA) is 92.3 Å². The molecule has 0 aliphatic carbocycles. The van der Waals surface area contributed by atoms with Crippen molar-refractivity contribution in [3.63, 3.8) is 0 Å². The van der Waals surface area contributed by atoms with Crippen LogP contribution in [-0.2, 0) is 0 Å². The first kappa shape index (κ1) is 18.1. The highest BCUT2D eigenvalue weighted by molar-refractivity contribution is 6.01. The predicted octanol–water partition coefficient (Wildman–Crippen LogP) is 2.74. The second-order valence-electron chi connectivity index (χ2n) is 6.76. The van der Waals surface area contributed by atoms with Gasteiger partial charge in [0, 0.05) is 42.2 Å². The summed E-state index contributed by atoms with van der Waals surface area (Å²) in [6.07, 6.45) is 3.02. The highest BCUT2D eigenvalue weighted by Crippen LogP contribution is 2.30. The van der Waals surface area contributed by atoms with Crippen LogP contribution in [0.2, 0.25) is 0 Å². The van der Waals surface area contributed by atoms with Crippen LogP contribution in [0.1, 0.15) is 16.8 Å². The summed E-state index contributed by atoms with van der Waals surface area (Å²) in [5, 5.41) is 9.71. The van der Waals surface area contributed by atoms with Gasteiger partial charge in [-0.2, -0.15) is 0 Å². The van der Waals surface area contributed by atoms with Crippen LogP contribution in [0.15, 0.2) is 54.9 Å². The number of hydrogen-bond donors (Lipinski definition) is 2. The zero-order valence-electron chi connectivity index (χ0n) is 15.0. The van der Waals surface area contributed by atoms with Crippen molar-refractivity contribution < 1.29 is 14.3 Å². The summed E-state index contributed by atoms with van der Waals surface area (Å²) in [6.45, 7) is 0.830. The molecular weight excluding hydrogens is 359 g/mol. The summed E-state index contributed by atoms with van der Waals surface area (Å²) in [7, 11) is 0. The second kappa shape index (κ2) is 7.36. The van der Waals surface area contributed by atoms with Gasteiger partial charge in [0.25, 0.3) is 5.91 Å². The van der Waals surface area contributed by atoms with Crippen molar-refractivity contribution in [2.75, 3.05) is 18.8 Å². The Kier molecular flexibility index (Phi) is 4.75. The van der Waals surface area contributed by atoms with Gasteiger partial charge < -0.3 is 15.7 Å². The Morgan fingerprint density at radius 1 is 1.11 bits per heavy atom. The largest absolute Gasteiger partial charge is 0.391 e. The fraction of sp³-hybridized carbons (Fsp3) is 0.190. The van der Waals surface area contributed by atoms with E-state index in [1.165, 1.54) is 18.5 Å². The van der Waals surface area contributed by atoms with E-state index in [1.54, 1.807) is 35.2 Å². The van der Waals surface area contributed by atoms with E-state index < -0.39 is 11.9 Å². The van der Waals surface area contributed by atoms with Crippen LogP contribution in [0.3, 0.4) is 0 Å². The van der Waals surface area contributed by atoms with Gasteiger partial charge in [0.2, 0.25) is 5.95 Å². The molecule has 0 radical (unpaired) electrons. The standard InChI is InChI=1S/C21H19FN4O2/c22-19-9-13(5-6-17(19)14-10-24-21(23)25-11-14)16-3-1-2-4-18(16)20(28)26-8-7-15(27)12-26/h1-6,9-11,15,27H,7-8,12H2,(H2,23,24,25)/t15-/m0/s1. The van der Waals surface area contributed by atoms with Gasteiger partial charge in [-0.15, -0.1) is 0 Å². The Labute approximate surface area is 161 Å². The van der Waals surface area contributed by atoms with Crippen LogP contribution in [0.25, 0.3) is 22.3 Å². The third kappa shape index (κ3) is 3.44. The van der Waals surface area contributed by atoms with E-state index in [0.717, 1.165) is 0 Å². The lowest BCUT2D eigenvalue weighted by atomic mass is 9.96. The molecule has 1 aliphatic heterocycles. The Balaban J connectivity index is 1.69. The van der Waals surface area contributed by atoms with Gasteiger partial charge in [-0.3, -0.25) is 4.79 Å². The number of likely N-dealkylation sites (tertiary alicyclic amines) is 1. The minimum atomic E-state index is -0.491. The summed E-state index contributed by atoms with van der Waals surface area (Å²) in [6, 6.07) is 11.9. The summed E-state index contributed by atoms with van der Waals surface area (Å²) in [4.78, 5) is 22.3. The first-order chi connectivity index (χ1) is 13.5. The van der Waals surface area contributed by atoms with Crippen molar-refractivity contribution in [2.45, 2.75) is 12.5 Å². The Bertz CT molecular complexity index is 1020. The molecule has 0 saturated carbocycles. The SMILES string of the molecule is Nc1ncc(-c2ccc(-c3ccccc3C(=O)N3CC[C@H](O)C3)cc2F)cn1. The number of nitrogens with zero attached hydrogens (tertiary/aromatic N) is 3. The molecule has 142 valence electrons. The van der Waals surface area contributed by atoms with E-state index in [0.29, 0.717) is 47.3 Å². The molecule has 3 aromatic rings. The average Bonchev–Trinajstić information content (AvgIpc) is 3.14. The third-order valence-electron chi connectivity index (χ3n) is 4.87. The number of carbonyl (C=O) groups is 1. The van der Waals surface area contributed by atoms with Gasteiger partial charge in [0.05, 0.1) is 6.10 Å². The molecule has 0 unspecified atom stereocenters. The van der Waals surface area contributed by atoms with E-state index >= 15 is 0 Å². The van der Waals surface area contributed by atoms with Crippen LogP contribution in [0.5, 0.6) is 0 Å². The number of benzene rings is 2. The summed E-state index contributed by atoms with van der Waals surface area (Å²) in [5.41, 5.74) is 8.09. The molecule has 2 aromatic carbocycles. The molecule has 1 saturated heterocycles. The Hall–Kier alpha value is -3.32. The highest BCUT2D eigenvalue weighted by atomic mass is 19.1. The summed E-state index contributed by atoms with van der Waals surface area (Å²) < 4.78 is 14.8. The molecule has 2 heterocycles. The number of β-amino-alcohol motifs (C(OH)–C–C–N with tert-alkyl or cyclic N) is 1. The van der Waals surface area contributed by atoms with E-state index in [1.807, 2.05) is 6.07 Å². The summed E-state index contributed by atoms with van der Waals surface area (Å²) in [5.74, 6) is -0.478. The number of halogens is 1. The van der Waals surface area contributed by atoms with Gasteiger partial charge >= 0.3 is 0 Å². The van der Waals surface area contributed by atoms with Gasteiger partial charge in [-0.05, 0) is 29.7 Å². The molecule has 1 amide bonds. The number of aliphatic hydroxyl groups is 1. The number of aromatic nitrogens is 2. The Morgan fingerprint density at radius 2 is 1.86 bits per heavy atom. The maximum atomic E-state index is 14.8. The number of nitrogens with two attached hydrogens (primary N) is 1. The lowest BCUT2D eigenvalue weighted by molar-refractivity contribution is 0.0765. The number of amides is 1. The van der Waals surface area contributed by atoms with E-state index in [4.69, 9.17) is 5.73 Å². The number of hydrogen-bond acceptors (Lipinski definition) is 5. The van der Waals surface area contributed by atoms with Gasteiger partial charge in [-0.25, -0.2) is 14.4 Å². The van der Waals surface area contributed by atoms with Crippen molar-refractivity contribution in [1.29, 1.82) is 0 Å². The Morgan fingerprint density at radius 3 is 2.54 bits per heavy atom. The molecule has 3 N–H and O–H groups in total. The quantitative estimate of drug-likeness (QED) is 0.731. The number of anilines is 1. The van der Waals surface area contributed by atoms with Gasteiger partial charge in [-0.1, -0.05) is 30.3 Å². The fourth-order valence-corrected chi connectivity index (χ4v) is 3.41. The molecule has 0 bridgehead atoms. The van der Waals surface area contributed by atoms with E-state index in [9.17, 15) is 14.3 Å². The van der Waals surface area contributed by atoms with Crippen LogP contribution in [0.4, 0.5) is 10.3 Å². The van der Waals surface area contributed by atoms with Crippen molar-refractivity contribution in [2.24, 2.45) is 0 Å². The van der Waals surface area contributed by atoms with Crippen molar-refractivity contribution in [3.05, 3.63) is 66.2 Å². The molecule has 1 aliphatic rings. The zero-order valence-corrected chi connectivity index (χ0v) is 15.0. The van der Waals surface area contributed by atoms with Crippen LogP contribution in [-0.4, -0.2) is 45.1 Å². The van der Waals surface area contributed by atoms with E-state index in [2.05, 4.69) is 9.97 Å². The maximum Gasteiger partial charge on any atom is 0.254 e. The molecule has 4 rings (SSSR count). The van der Waals surface area contributed by atoms with Crippen molar-refractivity contribution in [3.8, 4) is 22.3 Å². The second-order valence-corrected chi connectivity index (χ2v) is 6.76. The van der Waals surface area contributed by atoms with Crippen molar-refractivity contribution >= 4 is 11.9 Å². The van der Waals surface area contributed by atoms with E-state index in [-0.39, 0.29) is 11.9 Å². The lowest BCUT2D eigenvalue weighted by Gasteiger charge is -2.18. The first-order valence-corrected chi connectivity index (χ1v) is 8.97. The molecule has 1 fully saturated rings.